The molecule has 5 heteroatoms. The van der Waals surface area contributed by atoms with E-state index in [1.165, 1.54) is 5.56 Å². The molecule has 0 radical (unpaired) electrons. The van der Waals surface area contributed by atoms with Gasteiger partial charge in [0.2, 0.25) is 5.91 Å². The number of aryl methyl sites for hydroxylation is 1. The molecule has 2 heterocycles. The number of nitrogens with one attached hydrogen (secondary N) is 2. The van der Waals surface area contributed by atoms with Crippen LogP contribution in [-0.4, -0.2) is 40.1 Å². The Balaban J connectivity index is 1.54. The normalized spacial score (nSPS) is 22.0. The summed E-state index contributed by atoms with van der Waals surface area (Å²) >= 11 is 0. The SMILES string of the molecule is Cc1cc(CC(=O)NC2[C@@H](C)CN(Cc3ccccc3)C[C@@H]2C)n[nH]1. The van der Waals surface area contributed by atoms with Crippen LogP contribution in [0, 0.1) is 18.8 Å². The first kappa shape index (κ1) is 17.7. The van der Waals surface area contributed by atoms with Crippen molar-refractivity contribution in [3.63, 3.8) is 0 Å². The van der Waals surface area contributed by atoms with Crippen LogP contribution in [-0.2, 0) is 17.8 Å². The standard InChI is InChI=1S/C20H28N4O/c1-14-11-24(13-17-7-5-4-6-8-17)12-15(2)20(14)21-19(25)10-18-9-16(3)22-23-18/h4-9,14-15,20H,10-13H2,1-3H3,(H,21,25)(H,22,23)/t14-,15-/m0/s1. The zero-order valence-electron chi connectivity index (χ0n) is 15.3. The van der Waals surface area contributed by atoms with Gasteiger partial charge < -0.3 is 5.32 Å². The van der Waals surface area contributed by atoms with Gasteiger partial charge in [-0.1, -0.05) is 44.2 Å². The number of amides is 1. The van der Waals surface area contributed by atoms with Crippen molar-refractivity contribution in [1.82, 2.24) is 20.4 Å². The molecule has 2 aromatic rings. The number of piperidine rings is 1. The summed E-state index contributed by atoms with van der Waals surface area (Å²) in [4.78, 5) is 14.9. The molecule has 1 fully saturated rings. The summed E-state index contributed by atoms with van der Waals surface area (Å²) in [6.45, 7) is 9.40. The Morgan fingerprint density at radius 2 is 1.92 bits per heavy atom. The fraction of sp³-hybridized carbons (Fsp3) is 0.500. The molecule has 0 unspecified atom stereocenters. The average molecular weight is 340 g/mol. The average Bonchev–Trinajstić information content (AvgIpc) is 2.97. The molecule has 1 aromatic carbocycles. The van der Waals surface area contributed by atoms with Gasteiger partial charge in [-0.3, -0.25) is 14.8 Å². The number of carbonyl (C=O) groups is 1. The van der Waals surface area contributed by atoms with Gasteiger partial charge in [-0.05, 0) is 30.4 Å². The number of likely N-dealkylation sites (tertiary alicyclic amines) is 1. The van der Waals surface area contributed by atoms with Crippen LogP contribution in [0.2, 0.25) is 0 Å². The molecular weight excluding hydrogens is 312 g/mol. The van der Waals surface area contributed by atoms with Gasteiger partial charge in [0, 0.05) is 31.4 Å². The predicted octanol–water partition coefficient (Wildman–Crippen LogP) is 2.53. The molecular formula is C20H28N4O. The number of aromatic amines is 1. The molecule has 1 saturated heterocycles. The zero-order chi connectivity index (χ0) is 17.8. The largest absolute Gasteiger partial charge is 0.352 e. The Bertz CT molecular complexity index is 685. The number of hydrogen-bond acceptors (Lipinski definition) is 3. The Labute approximate surface area is 149 Å². The summed E-state index contributed by atoms with van der Waals surface area (Å²) in [7, 11) is 0. The number of benzene rings is 1. The molecule has 1 aliphatic heterocycles. The Kier molecular flexibility index (Phi) is 5.53. The highest BCUT2D eigenvalue weighted by Crippen LogP contribution is 2.23. The van der Waals surface area contributed by atoms with Crippen LogP contribution in [0.4, 0.5) is 0 Å². The fourth-order valence-corrected chi connectivity index (χ4v) is 3.90. The first-order valence-electron chi connectivity index (χ1n) is 9.08. The number of nitrogens with zero attached hydrogens (tertiary/aromatic N) is 2. The molecule has 0 aliphatic carbocycles. The van der Waals surface area contributed by atoms with Crippen molar-refractivity contribution in [2.45, 2.75) is 39.8 Å². The lowest BCUT2D eigenvalue weighted by Gasteiger charge is -2.41. The molecule has 0 bridgehead atoms. The van der Waals surface area contributed by atoms with E-state index in [0.717, 1.165) is 31.0 Å². The van der Waals surface area contributed by atoms with E-state index in [4.69, 9.17) is 0 Å². The minimum Gasteiger partial charge on any atom is -0.352 e. The highest BCUT2D eigenvalue weighted by molar-refractivity contribution is 5.78. The third kappa shape index (κ3) is 4.69. The van der Waals surface area contributed by atoms with Crippen molar-refractivity contribution in [1.29, 1.82) is 0 Å². The maximum atomic E-state index is 12.4. The first-order valence-corrected chi connectivity index (χ1v) is 9.08. The lowest BCUT2D eigenvalue weighted by Crippen LogP contribution is -2.54. The lowest BCUT2D eigenvalue weighted by atomic mass is 9.85. The maximum absolute atomic E-state index is 12.4. The third-order valence-corrected chi connectivity index (χ3v) is 5.00. The number of carbonyl (C=O) groups excluding carboxylic acids is 1. The maximum Gasteiger partial charge on any atom is 0.226 e. The molecule has 25 heavy (non-hydrogen) atoms. The minimum absolute atomic E-state index is 0.0618. The van der Waals surface area contributed by atoms with E-state index in [2.05, 4.69) is 64.6 Å². The molecule has 1 aliphatic rings. The second-order valence-corrected chi connectivity index (χ2v) is 7.45. The van der Waals surface area contributed by atoms with Crippen LogP contribution in [0.1, 0.15) is 30.8 Å². The van der Waals surface area contributed by atoms with Crippen molar-refractivity contribution in [3.05, 3.63) is 53.3 Å². The monoisotopic (exact) mass is 340 g/mol. The van der Waals surface area contributed by atoms with Crippen molar-refractivity contribution in [2.24, 2.45) is 11.8 Å². The van der Waals surface area contributed by atoms with Gasteiger partial charge in [0.05, 0.1) is 12.1 Å². The number of H-pyrrole nitrogens is 1. The lowest BCUT2D eigenvalue weighted by molar-refractivity contribution is -0.122. The van der Waals surface area contributed by atoms with E-state index < -0.39 is 0 Å². The van der Waals surface area contributed by atoms with Crippen LogP contribution < -0.4 is 5.32 Å². The molecule has 2 N–H and O–H groups in total. The van der Waals surface area contributed by atoms with E-state index in [0.29, 0.717) is 18.3 Å². The van der Waals surface area contributed by atoms with E-state index >= 15 is 0 Å². The van der Waals surface area contributed by atoms with Gasteiger partial charge in [0.15, 0.2) is 0 Å². The van der Waals surface area contributed by atoms with E-state index in [9.17, 15) is 4.79 Å². The summed E-state index contributed by atoms with van der Waals surface area (Å²) < 4.78 is 0. The highest BCUT2D eigenvalue weighted by Gasteiger charge is 2.32. The zero-order valence-corrected chi connectivity index (χ0v) is 15.3. The molecule has 0 spiro atoms. The van der Waals surface area contributed by atoms with Gasteiger partial charge >= 0.3 is 0 Å². The van der Waals surface area contributed by atoms with Crippen molar-refractivity contribution >= 4 is 5.91 Å². The molecule has 1 amide bonds. The van der Waals surface area contributed by atoms with Crippen molar-refractivity contribution < 1.29 is 4.79 Å². The summed E-state index contributed by atoms with van der Waals surface area (Å²) in [6.07, 6.45) is 0.341. The van der Waals surface area contributed by atoms with Gasteiger partial charge in [-0.25, -0.2) is 0 Å². The fourth-order valence-electron chi connectivity index (χ4n) is 3.90. The Morgan fingerprint density at radius 3 is 2.52 bits per heavy atom. The van der Waals surface area contributed by atoms with Crippen LogP contribution in [0.5, 0.6) is 0 Å². The quantitative estimate of drug-likeness (QED) is 0.879. The summed E-state index contributed by atoms with van der Waals surface area (Å²) in [6, 6.07) is 12.7. The van der Waals surface area contributed by atoms with E-state index in [1.807, 2.05) is 13.0 Å². The molecule has 2 atom stereocenters. The smallest absolute Gasteiger partial charge is 0.226 e. The van der Waals surface area contributed by atoms with Gasteiger partial charge in [-0.15, -0.1) is 0 Å². The molecule has 0 saturated carbocycles. The number of aromatic nitrogens is 2. The third-order valence-electron chi connectivity index (χ3n) is 5.00. The summed E-state index contributed by atoms with van der Waals surface area (Å²) in [5.41, 5.74) is 3.13. The topological polar surface area (TPSA) is 61.0 Å². The Morgan fingerprint density at radius 1 is 1.24 bits per heavy atom. The molecule has 134 valence electrons. The van der Waals surface area contributed by atoms with Crippen molar-refractivity contribution in [2.75, 3.05) is 13.1 Å². The molecule has 3 rings (SSSR count). The summed E-state index contributed by atoms with van der Waals surface area (Å²) in [5, 5.41) is 10.3. The van der Waals surface area contributed by atoms with Crippen molar-refractivity contribution in [3.8, 4) is 0 Å². The van der Waals surface area contributed by atoms with Crippen LogP contribution >= 0.6 is 0 Å². The van der Waals surface area contributed by atoms with E-state index in [-0.39, 0.29) is 11.9 Å². The molecule has 1 aromatic heterocycles. The predicted molar refractivity (Wildman–Crippen MR) is 99.0 cm³/mol. The van der Waals surface area contributed by atoms with Gasteiger partial charge in [-0.2, -0.15) is 5.10 Å². The minimum atomic E-state index is 0.0618. The van der Waals surface area contributed by atoms with Gasteiger partial charge in [0.1, 0.15) is 0 Å². The second kappa shape index (κ2) is 7.83. The van der Waals surface area contributed by atoms with Gasteiger partial charge in [0.25, 0.3) is 0 Å². The second-order valence-electron chi connectivity index (χ2n) is 7.45. The van der Waals surface area contributed by atoms with Crippen LogP contribution in [0.25, 0.3) is 0 Å². The number of rotatable bonds is 5. The Hall–Kier alpha value is -2.14. The highest BCUT2D eigenvalue weighted by atomic mass is 16.1. The first-order chi connectivity index (χ1) is 12.0. The van der Waals surface area contributed by atoms with Crippen LogP contribution in [0.3, 0.4) is 0 Å². The molecule has 5 nitrogen and oxygen atoms in total. The van der Waals surface area contributed by atoms with E-state index in [1.54, 1.807) is 0 Å². The number of hydrogen-bond donors (Lipinski definition) is 2. The van der Waals surface area contributed by atoms with Crippen LogP contribution in [0.15, 0.2) is 36.4 Å². The summed E-state index contributed by atoms with van der Waals surface area (Å²) in [5.74, 6) is 0.918.